The Morgan fingerprint density at radius 3 is 2.43 bits per heavy atom. The summed E-state index contributed by atoms with van der Waals surface area (Å²) in [4.78, 5) is 8.45. The smallest absolute Gasteiger partial charge is 0.383 e. The monoisotopic (exact) mass is 104 g/mol. The van der Waals surface area contributed by atoms with E-state index in [1.54, 1.807) is 0 Å². The van der Waals surface area contributed by atoms with Crippen LogP contribution in [-0.4, -0.2) is 13.9 Å². The number of rotatable bonds is 2. The molecule has 0 bridgehead atoms. The molecule has 1 aliphatic rings. The predicted octanol–water partition coefficient (Wildman–Crippen LogP) is -0.0988. The molecule has 0 radical (unpaired) electrons. The van der Waals surface area contributed by atoms with Gasteiger partial charge in [-0.3, -0.25) is 0 Å². The third-order valence-electron chi connectivity index (χ3n) is 0.538. The average molecular weight is 104 g/mol. The molecular weight excluding hydrogens is 98.8 g/mol. The SMILES string of the molecule is CCOB1OOO1. The van der Waals surface area contributed by atoms with Crippen molar-refractivity contribution in [2.75, 3.05) is 6.61 Å². The molecule has 1 saturated heterocycles. The Bertz CT molecular complexity index is 53.7. The molecule has 1 aliphatic heterocycles. The normalized spacial score (nSPS) is 19.3. The van der Waals surface area contributed by atoms with Gasteiger partial charge in [0.05, 0.1) is 0 Å². The topological polar surface area (TPSA) is 36.9 Å². The van der Waals surface area contributed by atoms with Gasteiger partial charge in [0.2, 0.25) is 0 Å². The number of hydrogen-bond donors (Lipinski definition) is 0. The Morgan fingerprint density at radius 2 is 2.29 bits per heavy atom. The molecule has 0 aromatic rings. The van der Waals surface area contributed by atoms with Crippen molar-refractivity contribution in [2.24, 2.45) is 0 Å². The van der Waals surface area contributed by atoms with Crippen molar-refractivity contribution in [3.8, 4) is 0 Å². The summed E-state index contributed by atoms with van der Waals surface area (Å²) < 4.78 is 4.71. The van der Waals surface area contributed by atoms with Crippen molar-refractivity contribution in [3.63, 3.8) is 0 Å². The van der Waals surface area contributed by atoms with Crippen LogP contribution in [0.2, 0.25) is 0 Å². The second-order valence-corrected chi connectivity index (χ2v) is 1.00. The third kappa shape index (κ3) is 1.14. The van der Waals surface area contributed by atoms with Crippen molar-refractivity contribution >= 4 is 7.32 Å². The zero-order chi connectivity index (χ0) is 5.11. The fourth-order valence-electron chi connectivity index (χ4n) is 0.263. The van der Waals surface area contributed by atoms with E-state index in [1.165, 1.54) is 0 Å². The lowest BCUT2D eigenvalue weighted by Crippen LogP contribution is -2.36. The molecular formula is C2H5BO4. The highest BCUT2D eigenvalue weighted by atomic mass is 17.6. The summed E-state index contributed by atoms with van der Waals surface area (Å²) in [7, 11) is -0.593. The van der Waals surface area contributed by atoms with E-state index in [4.69, 9.17) is 4.65 Å². The van der Waals surface area contributed by atoms with Crippen LogP contribution in [0, 0.1) is 0 Å². The quantitative estimate of drug-likeness (QED) is 0.362. The van der Waals surface area contributed by atoms with Crippen molar-refractivity contribution in [1.29, 1.82) is 0 Å². The van der Waals surface area contributed by atoms with Gasteiger partial charge in [-0.25, -0.2) is 9.61 Å². The van der Waals surface area contributed by atoms with Gasteiger partial charge in [0.15, 0.2) is 0 Å². The summed E-state index contributed by atoms with van der Waals surface area (Å²) in [5.74, 6) is 0. The Kier molecular flexibility index (Phi) is 1.64. The largest absolute Gasteiger partial charge is 0.701 e. The van der Waals surface area contributed by atoms with Crippen LogP contribution in [0.4, 0.5) is 0 Å². The Hall–Kier alpha value is -0.0951. The Labute approximate surface area is 41.3 Å². The lowest BCUT2D eigenvalue weighted by Gasteiger charge is -2.16. The van der Waals surface area contributed by atoms with Gasteiger partial charge in [0.1, 0.15) is 0 Å². The first-order valence-corrected chi connectivity index (χ1v) is 2.04. The minimum absolute atomic E-state index is 0.564. The molecule has 0 aromatic heterocycles. The Morgan fingerprint density at radius 1 is 1.57 bits per heavy atom. The van der Waals surface area contributed by atoms with Crippen LogP contribution in [0.3, 0.4) is 0 Å². The van der Waals surface area contributed by atoms with Gasteiger partial charge in [-0.05, 0) is 6.92 Å². The van der Waals surface area contributed by atoms with Crippen LogP contribution < -0.4 is 0 Å². The maximum atomic E-state index is 4.71. The molecule has 7 heavy (non-hydrogen) atoms. The molecule has 0 spiro atoms. The van der Waals surface area contributed by atoms with E-state index in [2.05, 4.69) is 14.6 Å². The van der Waals surface area contributed by atoms with Gasteiger partial charge in [-0.2, -0.15) is 0 Å². The fourth-order valence-corrected chi connectivity index (χ4v) is 0.263. The average Bonchev–Trinajstić information content (AvgIpc) is 1.55. The van der Waals surface area contributed by atoms with Crippen LogP contribution in [0.25, 0.3) is 0 Å². The molecule has 1 fully saturated rings. The van der Waals surface area contributed by atoms with Gasteiger partial charge in [0.25, 0.3) is 0 Å². The standard InChI is InChI=1S/C2H5BO4/c1-2-4-3-5-7-6-3/h2H2,1H3. The van der Waals surface area contributed by atoms with E-state index in [1.807, 2.05) is 6.92 Å². The molecule has 5 heteroatoms. The second-order valence-electron chi connectivity index (χ2n) is 1.00. The van der Waals surface area contributed by atoms with E-state index in [-0.39, 0.29) is 0 Å². The van der Waals surface area contributed by atoms with Gasteiger partial charge < -0.3 is 4.65 Å². The summed E-state index contributed by atoms with van der Waals surface area (Å²) in [6, 6.07) is 0. The highest BCUT2D eigenvalue weighted by Crippen LogP contribution is 2.03. The van der Waals surface area contributed by atoms with E-state index in [0.29, 0.717) is 6.61 Å². The molecule has 1 rings (SSSR count). The molecule has 1 heterocycles. The molecule has 4 nitrogen and oxygen atoms in total. The van der Waals surface area contributed by atoms with Crippen LogP contribution in [0.15, 0.2) is 0 Å². The molecule has 40 valence electrons. The van der Waals surface area contributed by atoms with Crippen LogP contribution >= 0.6 is 0 Å². The molecule has 0 aromatic carbocycles. The first-order chi connectivity index (χ1) is 3.43. The van der Waals surface area contributed by atoms with Crippen LogP contribution in [-0.2, 0) is 19.3 Å². The van der Waals surface area contributed by atoms with Crippen LogP contribution in [0.1, 0.15) is 6.92 Å². The molecule has 0 saturated carbocycles. The zero-order valence-electron chi connectivity index (χ0n) is 3.92. The highest BCUT2D eigenvalue weighted by molar-refractivity contribution is 6.36. The van der Waals surface area contributed by atoms with Crippen molar-refractivity contribution in [2.45, 2.75) is 6.92 Å². The Balaban J connectivity index is 1.93. The summed E-state index contributed by atoms with van der Waals surface area (Å²) in [5.41, 5.74) is 0. The van der Waals surface area contributed by atoms with Crippen molar-refractivity contribution < 1.29 is 19.3 Å². The minimum atomic E-state index is -0.593. The lowest BCUT2D eigenvalue weighted by atomic mass is 10.2. The van der Waals surface area contributed by atoms with Gasteiger partial charge in [-0.15, -0.1) is 0 Å². The lowest BCUT2D eigenvalue weighted by molar-refractivity contribution is -0.522. The highest BCUT2D eigenvalue weighted by Gasteiger charge is 2.33. The van der Waals surface area contributed by atoms with Crippen molar-refractivity contribution in [3.05, 3.63) is 0 Å². The maximum absolute atomic E-state index is 4.71. The molecule has 0 amide bonds. The molecule has 0 unspecified atom stereocenters. The van der Waals surface area contributed by atoms with E-state index < -0.39 is 7.32 Å². The second kappa shape index (κ2) is 2.27. The molecule has 0 aliphatic carbocycles. The summed E-state index contributed by atoms with van der Waals surface area (Å²) in [6.45, 7) is 2.40. The first-order valence-electron chi connectivity index (χ1n) is 2.04. The minimum Gasteiger partial charge on any atom is -0.383 e. The van der Waals surface area contributed by atoms with E-state index in [9.17, 15) is 0 Å². The number of hydrogen-bond acceptors (Lipinski definition) is 4. The summed E-state index contributed by atoms with van der Waals surface area (Å²) in [5, 5.41) is 3.86. The maximum Gasteiger partial charge on any atom is 0.701 e. The predicted molar refractivity (Wildman–Crippen MR) is 20.6 cm³/mol. The van der Waals surface area contributed by atoms with E-state index in [0.717, 1.165) is 0 Å². The van der Waals surface area contributed by atoms with Gasteiger partial charge >= 0.3 is 7.32 Å². The summed E-state index contributed by atoms with van der Waals surface area (Å²) in [6.07, 6.45) is 0. The van der Waals surface area contributed by atoms with Gasteiger partial charge in [0, 0.05) is 6.61 Å². The molecule has 0 N–H and O–H groups in total. The molecule has 0 atom stereocenters. The van der Waals surface area contributed by atoms with Crippen molar-refractivity contribution in [1.82, 2.24) is 0 Å². The first kappa shape index (κ1) is 5.05. The third-order valence-corrected chi connectivity index (χ3v) is 0.538. The van der Waals surface area contributed by atoms with Gasteiger partial charge in [-0.1, -0.05) is 5.04 Å². The van der Waals surface area contributed by atoms with E-state index >= 15 is 0 Å². The fraction of sp³-hybridized carbons (Fsp3) is 1.00. The van der Waals surface area contributed by atoms with Crippen LogP contribution in [0.5, 0.6) is 0 Å². The summed E-state index contributed by atoms with van der Waals surface area (Å²) >= 11 is 0. The zero-order valence-corrected chi connectivity index (χ0v) is 3.92.